The summed E-state index contributed by atoms with van der Waals surface area (Å²) >= 11 is 0. The Hall–Kier alpha value is -3.15. The minimum Gasteiger partial charge on any atom is -0.508 e. The molecule has 2 aromatic carbocycles. The largest absolute Gasteiger partial charge is 0.508 e. The van der Waals surface area contributed by atoms with Gasteiger partial charge in [-0.05, 0) is 47.4 Å². The van der Waals surface area contributed by atoms with E-state index < -0.39 is 24.4 Å². The summed E-state index contributed by atoms with van der Waals surface area (Å²) in [5.41, 5.74) is 1.58. The Morgan fingerprint density at radius 2 is 1.46 bits per heavy atom. The number of amides is 2. The first-order chi connectivity index (χ1) is 12.2. The molecule has 0 saturated heterocycles. The van der Waals surface area contributed by atoms with Gasteiger partial charge in [0.15, 0.2) is 6.61 Å². The molecule has 6 heteroatoms. The molecule has 0 heterocycles. The highest BCUT2D eigenvalue weighted by Gasteiger charge is 2.16. The Kier molecular flexibility index (Phi) is 5.77. The van der Waals surface area contributed by atoms with E-state index in [-0.39, 0.29) is 16.7 Å². The van der Waals surface area contributed by atoms with Gasteiger partial charge in [-0.1, -0.05) is 32.9 Å². The van der Waals surface area contributed by atoms with Crippen LogP contribution in [0.25, 0.3) is 0 Å². The molecule has 0 atom stereocenters. The van der Waals surface area contributed by atoms with Crippen molar-refractivity contribution in [2.24, 2.45) is 0 Å². The lowest BCUT2D eigenvalue weighted by atomic mass is 9.87. The Balaban J connectivity index is 1.88. The van der Waals surface area contributed by atoms with Crippen molar-refractivity contribution in [1.29, 1.82) is 0 Å². The highest BCUT2D eigenvalue weighted by Crippen LogP contribution is 2.22. The second-order valence-electron chi connectivity index (χ2n) is 6.83. The third kappa shape index (κ3) is 5.17. The van der Waals surface area contributed by atoms with Crippen molar-refractivity contribution in [2.75, 3.05) is 6.61 Å². The van der Waals surface area contributed by atoms with Crippen molar-refractivity contribution >= 4 is 17.8 Å². The van der Waals surface area contributed by atoms with Crippen LogP contribution in [0.3, 0.4) is 0 Å². The van der Waals surface area contributed by atoms with Gasteiger partial charge >= 0.3 is 5.97 Å². The number of imide groups is 1. The number of aromatic hydroxyl groups is 1. The molecule has 2 rings (SSSR count). The van der Waals surface area contributed by atoms with Gasteiger partial charge in [0.1, 0.15) is 5.75 Å². The van der Waals surface area contributed by atoms with Gasteiger partial charge in [-0.2, -0.15) is 0 Å². The van der Waals surface area contributed by atoms with Crippen molar-refractivity contribution in [3.63, 3.8) is 0 Å². The number of carbonyl (C=O) groups is 3. The van der Waals surface area contributed by atoms with Crippen LogP contribution in [0.15, 0.2) is 48.5 Å². The van der Waals surface area contributed by atoms with Crippen LogP contribution in [-0.4, -0.2) is 29.5 Å². The zero-order valence-corrected chi connectivity index (χ0v) is 14.9. The maximum Gasteiger partial charge on any atom is 0.338 e. The van der Waals surface area contributed by atoms with Gasteiger partial charge in [-0.25, -0.2) is 4.79 Å². The van der Waals surface area contributed by atoms with Crippen molar-refractivity contribution in [2.45, 2.75) is 26.2 Å². The molecule has 136 valence electrons. The molecule has 0 unspecified atom stereocenters. The van der Waals surface area contributed by atoms with E-state index >= 15 is 0 Å². The number of phenols is 1. The van der Waals surface area contributed by atoms with Crippen LogP contribution < -0.4 is 5.32 Å². The van der Waals surface area contributed by atoms with E-state index in [2.05, 4.69) is 26.1 Å². The van der Waals surface area contributed by atoms with E-state index in [4.69, 9.17) is 4.74 Å². The molecule has 6 nitrogen and oxygen atoms in total. The average molecular weight is 355 g/mol. The minimum absolute atomic E-state index is 0.0161. The molecule has 0 radical (unpaired) electrons. The summed E-state index contributed by atoms with van der Waals surface area (Å²) in [6.07, 6.45) is 0. The predicted octanol–water partition coefficient (Wildman–Crippen LogP) is 2.80. The fourth-order valence-corrected chi connectivity index (χ4v) is 2.17. The summed E-state index contributed by atoms with van der Waals surface area (Å²) in [5.74, 6) is -1.98. The molecule has 0 saturated carbocycles. The molecule has 0 aliphatic rings. The molecule has 26 heavy (non-hydrogen) atoms. The van der Waals surface area contributed by atoms with E-state index in [1.54, 1.807) is 12.1 Å². The molecule has 2 aromatic rings. The van der Waals surface area contributed by atoms with Crippen LogP contribution in [0.5, 0.6) is 5.75 Å². The van der Waals surface area contributed by atoms with Gasteiger partial charge in [0.25, 0.3) is 11.8 Å². The van der Waals surface area contributed by atoms with Gasteiger partial charge in [-0.3, -0.25) is 14.9 Å². The van der Waals surface area contributed by atoms with E-state index in [0.29, 0.717) is 5.56 Å². The number of benzene rings is 2. The first kappa shape index (κ1) is 19.2. The topological polar surface area (TPSA) is 92.7 Å². The van der Waals surface area contributed by atoms with E-state index in [0.717, 1.165) is 5.56 Å². The molecule has 0 spiro atoms. The first-order valence-corrected chi connectivity index (χ1v) is 8.08. The third-order valence-electron chi connectivity index (χ3n) is 3.70. The molecular weight excluding hydrogens is 334 g/mol. The molecular formula is C20H21NO5. The molecule has 0 bridgehead atoms. The van der Waals surface area contributed by atoms with Crippen LogP contribution in [0.1, 0.15) is 47.1 Å². The lowest BCUT2D eigenvalue weighted by Crippen LogP contribution is -2.34. The minimum atomic E-state index is -0.720. The van der Waals surface area contributed by atoms with Crippen LogP contribution in [0, 0.1) is 0 Å². The van der Waals surface area contributed by atoms with Crippen molar-refractivity contribution in [3.8, 4) is 5.75 Å². The van der Waals surface area contributed by atoms with E-state index in [9.17, 15) is 19.5 Å². The highest BCUT2D eigenvalue weighted by molar-refractivity contribution is 6.05. The number of nitrogens with one attached hydrogen (secondary N) is 1. The smallest absolute Gasteiger partial charge is 0.338 e. The van der Waals surface area contributed by atoms with Crippen molar-refractivity contribution < 1.29 is 24.2 Å². The summed E-state index contributed by atoms with van der Waals surface area (Å²) in [7, 11) is 0. The van der Waals surface area contributed by atoms with Gasteiger partial charge in [0.05, 0.1) is 5.56 Å². The monoisotopic (exact) mass is 355 g/mol. The quantitative estimate of drug-likeness (QED) is 0.823. The summed E-state index contributed by atoms with van der Waals surface area (Å²) in [6.45, 7) is 5.61. The molecule has 0 aliphatic heterocycles. The Morgan fingerprint density at radius 3 is 2.00 bits per heavy atom. The molecule has 0 aliphatic carbocycles. The van der Waals surface area contributed by atoms with Gasteiger partial charge in [-0.15, -0.1) is 0 Å². The van der Waals surface area contributed by atoms with Crippen molar-refractivity contribution in [1.82, 2.24) is 5.32 Å². The summed E-state index contributed by atoms with van der Waals surface area (Å²) in [6, 6.07) is 12.4. The van der Waals surface area contributed by atoms with Crippen LogP contribution in [0.4, 0.5) is 0 Å². The lowest BCUT2D eigenvalue weighted by molar-refractivity contribution is -0.123. The van der Waals surface area contributed by atoms with Gasteiger partial charge < -0.3 is 9.84 Å². The summed E-state index contributed by atoms with van der Waals surface area (Å²) in [4.78, 5) is 35.6. The number of ether oxygens (including phenoxy) is 1. The standard InChI is InChI=1S/C20H21NO5/c1-20(2,3)15-8-4-13(5-9-15)18(24)21-17(23)12-26-19(25)14-6-10-16(22)11-7-14/h4-11,22H,12H2,1-3H3,(H,21,23,24). The molecule has 2 amide bonds. The lowest BCUT2D eigenvalue weighted by Gasteiger charge is -2.18. The van der Waals surface area contributed by atoms with Crippen LogP contribution in [0.2, 0.25) is 0 Å². The van der Waals surface area contributed by atoms with Crippen LogP contribution >= 0.6 is 0 Å². The number of carbonyl (C=O) groups excluding carboxylic acids is 3. The maximum absolute atomic E-state index is 12.1. The van der Waals surface area contributed by atoms with Gasteiger partial charge in [0, 0.05) is 5.56 Å². The fraction of sp³-hybridized carbons (Fsp3) is 0.250. The zero-order valence-electron chi connectivity index (χ0n) is 14.9. The number of hydrogen-bond acceptors (Lipinski definition) is 5. The van der Waals surface area contributed by atoms with Gasteiger partial charge in [0.2, 0.25) is 0 Å². The number of esters is 1. The Morgan fingerprint density at radius 1 is 0.923 bits per heavy atom. The SMILES string of the molecule is CC(C)(C)c1ccc(C(=O)NC(=O)COC(=O)c2ccc(O)cc2)cc1. The Labute approximate surface area is 151 Å². The third-order valence-corrected chi connectivity index (χ3v) is 3.70. The predicted molar refractivity (Wildman–Crippen MR) is 96.0 cm³/mol. The average Bonchev–Trinajstić information content (AvgIpc) is 2.59. The summed E-state index contributed by atoms with van der Waals surface area (Å²) < 4.78 is 4.85. The number of phenolic OH excluding ortho intramolecular Hbond substituents is 1. The second-order valence-corrected chi connectivity index (χ2v) is 6.83. The normalized spacial score (nSPS) is 10.9. The summed E-state index contributed by atoms with van der Waals surface area (Å²) in [5, 5.41) is 11.3. The highest BCUT2D eigenvalue weighted by atomic mass is 16.5. The Bertz CT molecular complexity index is 802. The second kappa shape index (κ2) is 7.82. The number of rotatable bonds is 4. The maximum atomic E-state index is 12.1. The van der Waals surface area contributed by atoms with E-state index in [1.807, 2.05) is 12.1 Å². The molecule has 0 fully saturated rings. The van der Waals surface area contributed by atoms with Crippen LogP contribution in [-0.2, 0) is 14.9 Å². The molecule has 0 aromatic heterocycles. The zero-order chi connectivity index (χ0) is 19.3. The molecule has 2 N–H and O–H groups in total. The van der Waals surface area contributed by atoms with E-state index in [1.165, 1.54) is 24.3 Å². The fourth-order valence-electron chi connectivity index (χ4n) is 2.17. The first-order valence-electron chi connectivity index (χ1n) is 8.08. The van der Waals surface area contributed by atoms with Crippen molar-refractivity contribution in [3.05, 3.63) is 65.2 Å². The number of hydrogen-bond donors (Lipinski definition) is 2.